The first kappa shape index (κ1) is 14.8. The minimum Gasteiger partial charge on any atom is -0.464 e. The fourth-order valence-corrected chi connectivity index (χ4v) is 2.57. The van der Waals surface area contributed by atoms with E-state index in [1.807, 2.05) is 0 Å². The minimum atomic E-state index is -1.27. The van der Waals surface area contributed by atoms with Gasteiger partial charge in [0.1, 0.15) is 40.9 Å². The lowest BCUT2D eigenvalue weighted by Crippen LogP contribution is -2.06. The number of carbonyl (C=O) groups is 1. The number of carbonyl (C=O) groups excluding carboxylic acids is 1. The van der Waals surface area contributed by atoms with Crippen LogP contribution in [0.15, 0.2) is 6.07 Å². The van der Waals surface area contributed by atoms with Gasteiger partial charge in [0.2, 0.25) is 0 Å². The van der Waals surface area contributed by atoms with Gasteiger partial charge >= 0.3 is 5.97 Å². The van der Waals surface area contributed by atoms with Crippen LogP contribution in [-0.4, -0.2) is 22.0 Å². The molecule has 0 unspecified atom stereocenters. The maximum absolute atomic E-state index is 13.7. The van der Waals surface area contributed by atoms with Gasteiger partial charge in [0.05, 0.1) is 12.5 Å². The van der Waals surface area contributed by atoms with Crippen molar-refractivity contribution < 1.29 is 20.8 Å². The van der Waals surface area contributed by atoms with Crippen molar-refractivity contribution in [3.8, 4) is 0 Å². The molecule has 0 aliphatic rings. The first-order valence-electron chi connectivity index (χ1n) is 4.61. The number of methoxy groups -OCH3 is 1. The summed E-state index contributed by atoms with van der Waals surface area (Å²) in [5.41, 5.74) is -0.0850. The highest BCUT2D eigenvalue weighted by atomic mass is 127. The first-order valence-corrected chi connectivity index (χ1v) is 6.57. The van der Waals surface area contributed by atoms with Crippen molar-refractivity contribution in [1.82, 2.24) is 8.96 Å². The summed E-state index contributed by atoms with van der Waals surface area (Å²) in [6.07, 6.45) is 0. The molecular formula is C9H4ClF2IN2O3S. The van der Waals surface area contributed by atoms with Gasteiger partial charge in [-0.1, -0.05) is 11.6 Å². The van der Waals surface area contributed by atoms with Gasteiger partial charge in [0.25, 0.3) is 0 Å². The molecule has 0 aliphatic carbocycles. The summed E-state index contributed by atoms with van der Waals surface area (Å²) >= 11 is 7.74. The number of hydrogen-bond acceptors (Lipinski definition) is 5. The zero-order chi connectivity index (χ0) is 14.2. The maximum atomic E-state index is 13.7. The summed E-state index contributed by atoms with van der Waals surface area (Å²) in [6.45, 7) is 0. The van der Waals surface area contributed by atoms with Crippen molar-refractivity contribution in [3.05, 3.63) is 28.5 Å². The number of nitrogens with zero attached hydrogens (tertiary/aromatic N) is 2. The van der Waals surface area contributed by atoms with Crippen LogP contribution in [0.25, 0.3) is 11.0 Å². The third-order valence-corrected chi connectivity index (χ3v) is 3.55. The highest BCUT2D eigenvalue weighted by molar-refractivity contribution is 14.1. The van der Waals surface area contributed by atoms with Gasteiger partial charge < -0.3 is 4.74 Å². The van der Waals surface area contributed by atoms with E-state index in [2.05, 4.69) is 9.72 Å². The molecule has 2 aromatic heterocycles. The second kappa shape index (κ2) is 5.77. The highest BCUT2D eigenvalue weighted by Gasteiger charge is 2.24. The Morgan fingerprint density at radius 2 is 2.21 bits per heavy atom. The number of pyridine rings is 1. The van der Waals surface area contributed by atoms with Gasteiger partial charge in [-0.05, 0) is 6.07 Å². The van der Waals surface area contributed by atoms with Crippen molar-refractivity contribution in [2.75, 3.05) is 7.11 Å². The molecule has 5 nitrogen and oxygen atoms in total. The van der Waals surface area contributed by atoms with Crippen LogP contribution in [0.3, 0.4) is 0 Å². The number of hydrogen-bond donors (Lipinski definition) is 0. The molecule has 10 heteroatoms. The third kappa shape index (κ3) is 2.51. The number of esters is 1. The van der Waals surface area contributed by atoms with Crippen molar-refractivity contribution in [2.24, 2.45) is 0 Å². The average molecular weight is 421 g/mol. The van der Waals surface area contributed by atoms with Crippen LogP contribution >= 0.6 is 46.8 Å². The maximum Gasteiger partial charge on any atom is 0.355 e. The minimum absolute atomic E-state index is 0.0361. The van der Waals surface area contributed by atoms with Crippen LogP contribution < -0.4 is 0 Å². The van der Waals surface area contributed by atoms with E-state index in [0.29, 0.717) is 12.2 Å². The Morgan fingerprint density at radius 1 is 1.53 bits per heavy atom. The molecule has 0 fully saturated rings. The van der Waals surface area contributed by atoms with Gasteiger partial charge in [-0.25, -0.2) is 25.0 Å². The molecule has 0 spiro atoms. The van der Waals surface area contributed by atoms with Gasteiger partial charge in [-0.2, -0.15) is 0 Å². The second-order valence-electron chi connectivity index (χ2n) is 3.22. The Morgan fingerprint density at radius 3 is 2.79 bits per heavy atom. The Labute approximate surface area is 129 Å². The highest BCUT2D eigenvalue weighted by Crippen LogP contribution is 2.30. The standard InChI is InChI=1S/C9H4ClF2IN2O3S/c1-17-9(16)4-2-3-5(11)6(12)7(10)14-8(3)15(4)19-18-13/h2H,1H3. The van der Waals surface area contributed by atoms with E-state index < -0.39 is 22.8 Å². The van der Waals surface area contributed by atoms with Gasteiger partial charge in [0, 0.05) is 0 Å². The van der Waals surface area contributed by atoms with Crippen LogP contribution in [-0.2, 0) is 7.25 Å². The molecule has 0 amide bonds. The van der Waals surface area contributed by atoms with Crippen LogP contribution in [0, 0.1) is 11.6 Å². The Balaban J connectivity index is 2.80. The first-order chi connectivity index (χ1) is 9.01. The SMILES string of the molecule is COC(=O)c1cc2c(F)c(F)c(Cl)nc2n1SOI. The zero-order valence-electron chi connectivity index (χ0n) is 9.12. The van der Waals surface area contributed by atoms with Crippen molar-refractivity contribution in [2.45, 2.75) is 0 Å². The summed E-state index contributed by atoms with van der Waals surface area (Å²) in [6, 6.07) is 1.12. The summed E-state index contributed by atoms with van der Waals surface area (Å²) in [4.78, 5) is 15.3. The number of aromatic nitrogens is 2. The predicted octanol–water partition coefficient (Wildman–Crippen LogP) is 3.53. The summed E-state index contributed by atoms with van der Waals surface area (Å²) < 4.78 is 37.6. The van der Waals surface area contributed by atoms with Gasteiger partial charge in [0.15, 0.2) is 22.4 Å². The molecule has 0 bridgehead atoms. The molecule has 0 atom stereocenters. The smallest absolute Gasteiger partial charge is 0.355 e. The average Bonchev–Trinajstić information content (AvgIpc) is 2.75. The quantitative estimate of drug-likeness (QED) is 0.329. The molecule has 102 valence electrons. The molecule has 0 N–H and O–H groups in total. The lowest BCUT2D eigenvalue weighted by molar-refractivity contribution is 0.0593. The monoisotopic (exact) mass is 420 g/mol. The number of halogens is 4. The van der Waals surface area contributed by atoms with E-state index in [9.17, 15) is 13.6 Å². The lowest BCUT2D eigenvalue weighted by Gasteiger charge is -2.04. The van der Waals surface area contributed by atoms with E-state index in [1.165, 1.54) is 0 Å². The van der Waals surface area contributed by atoms with Crippen LogP contribution in [0.2, 0.25) is 5.15 Å². The number of rotatable bonds is 3. The normalized spacial score (nSPS) is 11.0. The van der Waals surface area contributed by atoms with Gasteiger partial charge in [-0.3, -0.25) is 0 Å². The van der Waals surface area contributed by atoms with Crippen molar-refractivity contribution in [1.29, 1.82) is 0 Å². The molecule has 19 heavy (non-hydrogen) atoms. The topological polar surface area (TPSA) is 53.3 Å². The Kier molecular flexibility index (Phi) is 4.48. The Bertz CT molecular complexity index is 667. The molecule has 0 radical (unpaired) electrons. The van der Waals surface area contributed by atoms with Gasteiger partial charge in [-0.15, -0.1) is 0 Å². The molecule has 0 aromatic carbocycles. The summed E-state index contributed by atoms with van der Waals surface area (Å²) in [7, 11) is 1.16. The van der Waals surface area contributed by atoms with E-state index in [0.717, 1.165) is 17.1 Å². The molecule has 0 saturated heterocycles. The third-order valence-electron chi connectivity index (χ3n) is 2.24. The molecule has 2 aromatic rings. The zero-order valence-corrected chi connectivity index (χ0v) is 12.8. The molecule has 2 rings (SSSR count). The molecule has 0 saturated carbocycles. The summed E-state index contributed by atoms with van der Waals surface area (Å²) in [5.74, 6) is -3.20. The number of ether oxygens (including phenoxy) is 1. The van der Waals surface area contributed by atoms with Crippen molar-refractivity contribution in [3.63, 3.8) is 0 Å². The fourth-order valence-electron chi connectivity index (χ4n) is 1.45. The number of fused-ring (bicyclic) bond motifs is 1. The molecule has 2 heterocycles. The fraction of sp³-hybridized carbons (Fsp3) is 0.111. The van der Waals surface area contributed by atoms with Crippen molar-refractivity contribution >= 4 is 63.8 Å². The largest absolute Gasteiger partial charge is 0.464 e. The lowest BCUT2D eigenvalue weighted by atomic mass is 10.3. The van der Waals surface area contributed by atoms with Crippen LogP contribution in [0.1, 0.15) is 10.5 Å². The van der Waals surface area contributed by atoms with E-state index in [4.69, 9.17) is 14.1 Å². The van der Waals surface area contributed by atoms with Crippen LogP contribution in [0.4, 0.5) is 8.78 Å². The van der Waals surface area contributed by atoms with E-state index in [-0.39, 0.29) is 16.7 Å². The molecular weight excluding hydrogens is 417 g/mol. The predicted molar refractivity (Wildman–Crippen MR) is 74.1 cm³/mol. The second-order valence-corrected chi connectivity index (χ2v) is 5.30. The Hall–Kier alpha value is -0.650. The van der Waals surface area contributed by atoms with E-state index in [1.54, 1.807) is 23.0 Å². The summed E-state index contributed by atoms with van der Waals surface area (Å²) in [5, 5.41) is -0.821. The molecule has 0 aliphatic heterocycles. The van der Waals surface area contributed by atoms with E-state index >= 15 is 0 Å². The van der Waals surface area contributed by atoms with Crippen LogP contribution in [0.5, 0.6) is 0 Å².